The summed E-state index contributed by atoms with van der Waals surface area (Å²) < 4.78 is 0. The molecule has 0 amide bonds. The molecule has 0 spiro atoms. The summed E-state index contributed by atoms with van der Waals surface area (Å²) in [5.74, 6) is 0.562. The van der Waals surface area contributed by atoms with Crippen LogP contribution in [0.15, 0.2) is 18.2 Å². The van der Waals surface area contributed by atoms with Crippen LogP contribution >= 0.6 is 35.6 Å². The molecule has 84 valence electrons. The Morgan fingerprint density at radius 1 is 1.20 bits per heavy atom. The maximum absolute atomic E-state index is 6.13. The first-order valence-electron chi connectivity index (χ1n) is 4.89. The first kappa shape index (κ1) is 13.1. The fraction of sp³-hybridized carbons (Fsp3) is 0.455. The van der Waals surface area contributed by atoms with Crippen LogP contribution in [-0.2, 0) is 0 Å². The van der Waals surface area contributed by atoms with Crippen LogP contribution in [0.4, 0.5) is 0 Å². The topological polar surface area (TPSA) is 26.0 Å². The molecule has 0 unspecified atom stereocenters. The molecular weight excluding hydrogens is 252 g/mol. The first-order valence-corrected chi connectivity index (χ1v) is 5.65. The smallest absolute Gasteiger partial charge is 0.0468 e. The Morgan fingerprint density at radius 3 is 2.13 bits per heavy atom. The van der Waals surface area contributed by atoms with Gasteiger partial charge in [0, 0.05) is 21.7 Å². The Labute approximate surface area is 106 Å². The molecule has 1 aliphatic rings. The molecule has 2 rings (SSSR count). The highest BCUT2D eigenvalue weighted by atomic mass is 35.5. The van der Waals surface area contributed by atoms with Gasteiger partial charge >= 0.3 is 0 Å². The highest BCUT2D eigenvalue weighted by molar-refractivity contribution is 6.36. The van der Waals surface area contributed by atoms with Crippen molar-refractivity contribution in [3.63, 3.8) is 0 Å². The molecule has 0 bridgehead atoms. The van der Waals surface area contributed by atoms with Crippen molar-refractivity contribution in [3.05, 3.63) is 33.8 Å². The van der Waals surface area contributed by atoms with Crippen molar-refractivity contribution in [3.8, 4) is 0 Å². The second-order valence-electron chi connectivity index (χ2n) is 3.85. The minimum atomic E-state index is 0. The van der Waals surface area contributed by atoms with Crippen molar-refractivity contribution in [2.24, 2.45) is 11.7 Å². The Kier molecular flexibility index (Phi) is 4.72. The minimum absolute atomic E-state index is 0. The van der Waals surface area contributed by atoms with Gasteiger partial charge in [0.05, 0.1) is 0 Å². The lowest BCUT2D eigenvalue weighted by molar-refractivity contribution is 0.264. The van der Waals surface area contributed by atoms with Crippen molar-refractivity contribution in [2.75, 3.05) is 0 Å². The number of halogens is 3. The number of nitrogens with two attached hydrogens (primary N) is 1. The zero-order chi connectivity index (χ0) is 10.1. The predicted octanol–water partition coefficient (Wildman–Crippen LogP) is 4.22. The molecule has 4 heteroatoms. The van der Waals surface area contributed by atoms with E-state index in [2.05, 4.69) is 0 Å². The van der Waals surface area contributed by atoms with Crippen LogP contribution in [0.1, 0.15) is 30.9 Å². The predicted molar refractivity (Wildman–Crippen MR) is 68.0 cm³/mol. The van der Waals surface area contributed by atoms with Gasteiger partial charge in [-0.1, -0.05) is 35.7 Å². The van der Waals surface area contributed by atoms with Crippen LogP contribution in [0.5, 0.6) is 0 Å². The van der Waals surface area contributed by atoms with Crippen LogP contribution in [-0.4, -0.2) is 0 Å². The van der Waals surface area contributed by atoms with Gasteiger partial charge in [0.15, 0.2) is 0 Å². The standard InChI is InChI=1S/C11H13Cl2N.ClH/c12-8-5-2-6-9(13)10(8)11(14)7-3-1-4-7;/h2,5-7,11H,1,3-4,14H2;1H/t11-;/m0./s1. The van der Waals surface area contributed by atoms with E-state index >= 15 is 0 Å². The fourth-order valence-electron chi connectivity index (χ4n) is 1.86. The minimum Gasteiger partial charge on any atom is -0.324 e. The zero-order valence-corrected chi connectivity index (χ0v) is 10.6. The Morgan fingerprint density at radius 2 is 1.73 bits per heavy atom. The fourth-order valence-corrected chi connectivity index (χ4v) is 2.51. The van der Waals surface area contributed by atoms with E-state index in [-0.39, 0.29) is 18.4 Å². The molecule has 1 fully saturated rings. The molecule has 1 nitrogen and oxygen atoms in total. The van der Waals surface area contributed by atoms with E-state index in [9.17, 15) is 0 Å². The van der Waals surface area contributed by atoms with Gasteiger partial charge in [0.25, 0.3) is 0 Å². The average molecular weight is 267 g/mol. The molecule has 1 saturated carbocycles. The highest BCUT2D eigenvalue weighted by Gasteiger charge is 2.28. The quantitative estimate of drug-likeness (QED) is 0.852. The summed E-state index contributed by atoms with van der Waals surface area (Å²) in [5, 5.41) is 1.38. The van der Waals surface area contributed by atoms with E-state index in [1.54, 1.807) is 0 Å². The number of benzene rings is 1. The normalized spacial score (nSPS) is 17.8. The second-order valence-corrected chi connectivity index (χ2v) is 4.67. The van der Waals surface area contributed by atoms with Gasteiger partial charge in [-0.2, -0.15) is 0 Å². The van der Waals surface area contributed by atoms with E-state index in [4.69, 9.17) is 28.9 Å². The molecule has 1 aliphatic carbocycles. The van der Waals surface area contributed by atoms with Crippen molar-refractivity contribution >= 4 is 35.6 Å². The van der Waals surface area contributed by atoms with Crippen LogP contribution in [0.2, 0.25) is 10.0 Å². The summed E-state index contributed by atoms with van der Waals surface area (Å²) in [4.78, 5) is 0. The van der Waals surface area contributed by atoms with Crippen LogP contribution in [0.3, 0.4) is 0 Å². The summed E-state index contributed by atoms with van der Waals surface area (Å²) in [6, 6.07) is 5.55. The van der Waals surface area contributed by atoms with Gasteiger partial charge in [-0.15, -0.1) is 12.4 Å². The molecule has 1 aromatic carbocycles. The van der Waals surface area contributed by atoms with Crippen LogP contribution in [0, 0.1) is 5.92 Å². The molecule has 0 saturated heterocycles. The third kappa shape index (κ3) is 2.59. The molecule has 0 aromatic heterocycles. The lowest BCUT2D eigenvalue weighted by Crippen LogP contribution is -2.27. The molecule has 15 heavy (non-hydrogen) atoms. The van der Waals surface area contributed by atoms with Crippen molar-refractivity contribution in [1.29, 1.82) is 0 Å². The first-order chi connectivity index (χ1) is 6.70. The molecule has 1 atom stereocenters. The van der Waals surface area contributed by atoms with E-state index < -0.39 is 0 Å². The SMILES string of the molecule is Cl.N[C@H](c1c(Cl)cccc1Cl)C1CCC1. The Balaban J connectivity index is 0.00000112. The van der Waals surface area contributed by atoms with Crippen molar-refractivity contribution in [2.45, 2.75) is 25.3 Å². The van der Waals surface area contributed by atoms with Crippen LogP contribution in [0.25, 0.3) is 0 Å². The average Bonchev–Trinajstić information content (AvgIpc) is 2.00. The van der Waals surface area contributed by atoms with Crippen molar-refractivity contribution < 1.29 is 0 Å². The Hall–Kier alpha value is 0.0500. The summed E-state index contributed by atoms with van der Waals surface area (Å²) in [6.45, 7) is 0. The largest absolute Gasteiger partial charge is 0.324 e. The summed E-state index contributed by atoms with van der Waals surface area (Å²) in [7, 11) is 0. The van der Waals surface area contributed by atoms with E-state index in [1.165, 1.54) is 19.3 Å². The highest BCUT2D eigenvalue weighted by Crippen LogP contribution is 2.40. The molecular formula is C11H14Cl3N. The monoisotopic (exact) mass is 265 g/mol. The van der Waals surface area contributed by atoms with Gasteiger partial charge in [0.1, 0.15) is 0 Å². The summed E-state index contributed by atoms with van der Waals surface area (Å²) in [6.07, 6.45) is 3.67. The molecule has 0 aliphatic heterocycles. The Bertz CT molecular complexity index is 316. The third-order valence-electron chi connectivity index (χ3n) is 2.99. The van der Waals surface area contributed by atoms with E-state index in [0.717, 1.165) is 5.56 Å². The number of hydrogen-bond acceptors (Lipinski definition) is 1. The molecule has 0 heterocycles. The van der Waals surface area contributed by atoms with Gasteiger partial charge in [-0.25, -0.2) is 0 Å². The van der Waals surface area contributed by atoms with Crippen molar-refractivity contribution in [1.82, 2.24) is 0 Å². The molecule has 1 aromatic rings. The molecule has 0 radical (unpaired) electrons. The van der Waals surface area contributed by atoms with Gasteiger partial charge in [-0.3, -0.25) is 0 Å². The summed E-state index contributed by atoms with van der Waals surface area (Å²) in [5.41, 5.74) is 7.05. The van der Waals surface area contributed by atoms with Gasteiger partial charge < -0.3 is 5.73 Å². The lowest BCUT2D eigenvalue weighted by Gasteiger charge is -2.32. The number of hydrogen-bond donors (Lipinski definition) is 1. The zero-order valence-electron chi connectivity index (χ0n) is 8.25. The van der Waals surface area contributed by atoms with Crippen LogP contribution < -0.4 is 5.73 Å². The number of rotatable bonds is 2. The van der Waals surface area contributed by atoms with E-state index in [1.807, 2.05) is 18.2 Å². The lowest BCUT2D eigenvalue weighted by atomic mass is 9.77. The van der Waals surface area contributed by atoms with Gasteiger partial charge in [-0.05, 0) is 30.9 Å². The van der Waals surface area contributed by atoms with Gasteiger partial charge in [0.2, 0.25) is 0 Å². The summed E-state index contributed by atoms with van der Waals surface area (Å²) >= 11 is 12.2. The second kappa shape index (κ2) is 5.40. The maximum atomic E-state index is 6.13. The van der Waals surface area contributed by atoms with E-state index in [0.29, 0.717) is 16.0 Å². The third-order valence-corrected chi connectivity index (χ3v) is 3.65. The maximum Gasteiger partial charge on any atom is 0.0468 e. The molecule has 2 N–H and O–H groups in total.